The van der Waals surface area contributed by atoms with E-state index in [0.717, 1.165) is 6.42 Å². The largest absolute Gasteiger partial charge is 0.373 e. The van der Waals surface area contributed by atoms with Crippen molar-refractivity contribution in [3.05, 3.63) is 0 Å². The van der Waals surface area contributed by atoms with Crippen LogP contribution in [-0.4, -0.2) is 5.97 Å². The molecule has 0 fully saturated rings. The van der Waals surface area contributed by atoms with Gasteiger partial charge in [-0.3, -0.25) is 4.79 Å². The van der Waals surface area contributed by atoms with E-state index < -0.39 is 0 Å². The molecule has 0 aliphatic heterocycles. The fraction of sp³-hybridized carbons (Fsp3) is 0.833. The topological polar surface area (TPSA) is 52.3 Å². The first-order valence-corrected chi connectivity index (χ1v) is 3.10. The predicted molar refractivity (Wildman–Crippen MR) is 34.4 cm³/mol. The third-order valence-corrected chi connectivity index (χ3v) is 1.34. The second-order valence-electron chi connectivity index (χ2n) is 2.21. The summed E-state index contributed by atoms with van der Waals surface area (Å²) in [6, 6.07) is 0. The quantitative estimate of drug-likeness (QED) is 0.577. The molecule has 0 saturated heterocycles. The average molecular weight is 131 g/mol. The normalized spacial score (nSPS) is 12.8. The lowest BCUT2D eigenvalue weighted by molar-refractivity contribution is -0.145. The van der Waals surface area contributed by atoms with Crippen molar-refractivity contribution in [1.82, 2.24) is 0 Å². The zero-order valence-corrected chi connectivity index (χ0v) is 5.89. The molecule has 0 spiro atoms. The summed E-state index contributed by atoms with van der Waals surface area (Å²) in [6.45, 7) is 4.01. The van der Waals surface area contributed by atoms with Crippen molar-refractivity contribution in [2.24, 2.45) is 11.8 Å². The standard InChI is InChI=1S/C6H13NO2/c1-3-5(2)4-6(8)9-7/h5H,3-4,7H2,1-2H3. The van der Waals surface area contributed by atoms with Gasteiger partial charge >= 0.3 is 5.97 Å². The molecule has 9 heavy (non-hydrogen) atoms. The van der Waals surface area contributed by atoms with E-state index in [-0.39, 0.29) is 5.97 Å². The van der Waals surface area contributed by atoms with Crippen LogP contribution in [0, 0.1) is 5.92 Å². The highest BCUT2D eigenvalue weighted by molar-refractivity contribution is 5.69. The van der Waals surface area contributed by atoms with Gasteiger partial charge in [0.2, 0.25) is 0 Å². The van der Waals surface area contributed by atoms with Gasteiger partial charge in [0.15, 0.2) is 0 Å². The van der Waals surface area contributed by atoms with Gasteiger partial charge in [-0.25, -0.2) is 0 Å². The summed E-state index contributed by atoms with van der Waals surface area (Å²) in [6.07, 6.45) is 1.40. The molecule has 1 atom stereocenters. The number of hydrogen-bond donors (Lipinski definition) is 1. The number of carbonyl (C=O) groups is 1. The monoisotopic (exact) mass is 131 g/mol. The zero-order chi connectivity index (χ0) is 7.28. The van der Waals surface area contributed by atoms with Gasteiger partial charge in [0.05, 0.1) is 0 Å². The third kappa shape index (κ3) is 3.97. The summed E-state index contributed by atoms with van der Waals surface area (Å²) >= 11 is 0. The fourth-order valence-corrected chi connectivity index (χ4v) is 0.477. The van der Waals surface area contributed by atoms with Crippen LogP contribution in [0.2, 0.25) is 0 Å². The van der Waals surface area contributed by atoms with Gasteiger partial charge in [-0.2, -0.15) is 5.90 Å². The maximum Gasteiger partial charge on any atom is 0.324 e. The summed E-state index contributed by atoms with van der Waals surface area (Å²) in [5, 5.41) is 0. The van der Waals surface area contributed by atoms with Crippen LogP contribution in [0.15, 0.2) is 0 Å². The number of nitrogens with two attached hydrogens (primary N) is 1. The Morgan fingerprint density at radius 3 is 2.67 bits per heavy atom. The Hall–Kier alpha value is -0.570. The first kappa shape index (κ1) is 8.43. The van der Waals surface area contributed by atoms with Crippen molar-refractivity contribution >= 4 is 5.97 Å². The molecule has 0 amide bonds. The summed E-state index contributed by atoms with van der Waals surface area (Å²) in [5.41, 5.74) is 0. The summed E-state index contributed by atoms with van der Waals surface area (Å²) in [5.74, 6) is 4.67. The minimum Gasteiger partial charge on any atom is -0.373 e. The van der Waals surface area contributed by atoms with Crippen molar-refractivity contribution < 1.29 is 9.63 Å². The first-order chi connectivity index (χ1) is 4.20. The summed E-state index contributed by atoms with van der Waals surface area (Å²) in [7, 11) is 0. The molecule has 0 aromatic carbocycles. The number of carbonyl (C=O) groups excluding carboxylic acids is 1. The van der Waals surface area contributed by atoms with E-state index in [1.165, 1.54) is 0 Å². The lowest BCUT2D eigenvalue weighted by Crippen LogP contribution is -2.12. The summed E-state index contributed by atoms with van der Waals surface area (Å²) in [4.78, 5) is 14.4. The molecule has 0 rings (SSSR count). The molecule has 0 bridgehead atoms. The fourth-order valence-electron chi connectivity index (χ4n) is 0.477. The Kier molecular flexibility index (Phi) is 4.05. The van der Waals surface area contributed by atoms with Crippen LogP contribution in [0.25, 0.3) is 0 Å². The Morgan fingerprint density at radius 1 is 1.78 bits per heavy atom. The Bertz CT molecular complexity index is 93.1. The zero-order valence-electron chi connectivity index (χ0n) is 5.89. The first-order valence-electron chi connectivity index (χ1n) is 3.10. The van der Waals surface area contributed by atoms with Crippen molar-refractivity contribution in [3.63, 3.8) is 0 Å². The maximum atomic E-state index is 10.4. The molecule has 0 saturated carbocycles. The van der Waals surface area contributed by atoms with Crippen molar-refractivity contribution in [2.75, 3.05) is 0 Å². The van der Waals surface area contributed by atoms with Crippen LogP contribution in [0.1, 0.15) is 26.7 Å². The van der Waals surface area contributed by atoms with Crippen LogP contribution < -0.4 is 5.90 Å². The Balaban J connectivity index is 3.34. The van der Waals surface area contributed by atoms with Crippen molar-refractivity contribution in [3.8, 4) is 0 Å². The maximum absolute atomic E-state index is 10.4. The smallest absolute Gasteiger partial charge is 0.324 e. The molecule has 3 heteroatoms. The van der Waals surface area contributed by atoms with Crippen LogP contribution in [0.5, 0.6) is 0 Å². The lowest BCUT2D eigenvalue weighted by atomic mass is 10.1. The lowest BCUT2D eigenvalue weighted by Gasteiger charge is -2.03. The van der Waals surface area contributed by atoms with E-state index in [0.29, 0.717) is 12.3 Å². The minimum absolute atomic E-state index is 0.329. The average Bonchev–Trinajstić information content (AvgIpc) is 1.87. The molecule has 0 aliphatic rings. The molecule has 0 aliphatic carbocycles. The molecule has 3 nitrogen and oxygen atoms in total. The van der Waals surface area contributed by atoms with E-state index in [9.17, 15) is 4.79 Å². The third-order valence-electron chi connectivity index (χ3n) is 1.34. The molecular formula is C6H13NO2. The second kappa shape index (κ2) is 4.32. The van der Waals surface area contributed by atoms with Gasteiger partial charge in [0.25, 0.3) is 0 Å². The highest BCUT2D eigenvalue weighted by Gasteiger charge is 2.05. The molecule has 54 valence electrons. The van der Waals surface area contributed by atoms with Gasteiger partial charge in [-0.15, -0.1) is 0 Å². The van der Waals surface area contributed by atoms with Gasteiger partial charge < -0.3 is 4.84 Å². The molecule has 0 aromatic rings. The molecular weight excluding hydrogens is 118 g/mol. The Morgan fingerprint density at radius 2 is 2.33 bits per heavy atom. The molecule has 1 unspecified atom stereocenters. The second-order valence-corrected chi connectivity index (χ2v) is 2.21. The Labute approximate surface area is 55.1 Å². The van der Waals surface area contributed by atoms with Crippen molar-refractivity contribution in [1.29, 1.82) is 0 Å². The molecule has 0 radical (unpaired) electrons. The van der Waals surface area contributed by atoms with Crippen LogP contribution in [0.3, 0.4) is 0 Å². The SMILES string of the molecule is CCC(C)CC(=O)ON. The van der Waals surface area contributed by atoms with Crippen LogP contribution in [-0.2, 0) is 9.63 Å². The van der Waals surface area contributed by atoms with Crippen LogP contribution in [0.4, 0.5) is 0 Å². The predicted octanol–water partition coefficient (Wildman–Crippen LogP) is 0.840. The minimum atomic E-state index is -0.329. The van der Waals surface area contributed by atoms with E-state index >= 15 is 0 Å². The molecule has 0 heterocycles. The van der Waals surface area contributed by atoms with Gasteiger partial charge in [-0.1, -0.05) is 20.3 Å². The molecule has 0 aromatic heterocycles. The van der Waals surface area contributed by atoms with E-state index in [4.69, 9.17) is 0 Å². The highest BCUT2D eigenvalue weighted by Crippen LogP contribution is 2.05. The number of rotatable bonds is 3. The highest BCUT2D eigenvalue weighted by atomic mass is 16.7. The van der Waals surface area contributed by atoms with Gasteiger partial charge in [-0.05, 0) is 5.92 Å². The van der Waals surface area contributed by atoms with Gasteiger partial charge in [0.1, 0.15) is 0 Å². The van der Waals surface area contributed by atoms with E-state index in [2.05, 4.69) is 10.7 Å². The van der Waals surface area contributed by atoms with E-state index in [1.807, 2.05) is 13.8 Å². The van der Waals surface area contributed by atoms with Crippen LogP contribution >= 0.6 is 0 Å². The van der Waals surface area contributed by atoms with Gasteiger partial charge in [0, 0.05) is 6.42 Å². The summed E-state index contributed by atoms with van der Waals surface area (Å²) < 4.78 is 0. The number of hydrogen-bond acceptors (Lipinski definition) is 3. The van der Waals surface area contributed by atoms with Crippen molar-refractivity contribution in [2.45, 2.75) is 26.7 Å². The van der Waals surface area contributed by atoms with E-state index in [1.54, 1.807) is 0 Å². The molecule has 2 N–H and O–H groups in total.